The summed E-state index contributed by atoms with van der Waals surface area (Å²) >= 11 is 0. The average Bonchev–Trinajstić information content (AvgIpc) is 3.57. The van der Waals surface area contributed by atoms with Crippen LogP contribution in [0.5, 0.6) is 0 Å². The van der Waals surface area contributed by atoms with Crippen LogP contribution < -0.4 is 5.56 Å². The molecule has 1 atom stereocenters. The van der Waals surface area contributed by atoms with E-state index in [9.17, 15) is 4.79 Å². The number of H-pyrrole nitrogens is 1. The molecule has 0 aliphatic carbocycles. The van der Waals surface area contributed by atoms with Crippen molar-refractivity contribution < 1.29 is 4.42 Å². The molecule has 1 N–H and O–H groups in total. The largest absolute Gasteiger partial charge is 0.467 e. The highest BCUT2D eigenvalue weighted by molar-refractivity contribution is 5.79. The van der Waals surface area contributed by atoms with Crippen molar-refractivity contribution in [2.75, 3.05) is 0 Å². The van der Waals surface area contributed by atoms with Crippen LogP contribution in [-0.2, 0) is 19.6 Å². The van der Waals surface area contributed by atoms with Crippen molar-refractivity contribution in [3.05, 3.63) is 111 Å². The summed E-state index contributed by atoms with van der Waals surface area (Å²) in [4.78, 5) is 18.5. The van der Waals surface area contributed by atoms with Crippen molar-refractivity contribution in [3.63, 3.8) is 0 Å². The third kappa shape index (κ3) is 5.70. The minimum absolute atomic E-state index is 0.0734. The number of aromatic nitrogens is 5. The summed E-state index contributed by atoms with van der Waals surface area (Å²) in [6.07, 6.45) is 3.44. The minimum atomic E-state index is -0.0936. The molecule has 0 radical (unpaired) electrons. The molecule has 0 bridgehead atoms. The second-order valence-electron chi connectivity index (χ2n) is 9.68. The van der Waals surface area contributed by atoms with Crippen molar-refractivity contribution in [1.29, 1.82) is 0 Å². The maximum atomic E-state index is 13.2. The average molecular weight is 497 g/mol. The van der Waals surface area contributed by atoms with E-state index < -0.39 is 0 Å². The topological polar surface area (TPSA) is 92.8 Å². The van der Waals surface area contributed by atoms with E-state index in [-0.39, 0.29) is 11.6 Å². The third-order valence-electron chi connectivity index (χ3n) is 6.70. The van der Waals surface area contributed by atoms with Crippen molar-refractivity contribution in [2.24, 2.45) is 0 Å². The molecule has 3 aromatic heterocycles. The number of aromatic amines is 1. The van der Waals surface area contributed by atoms with E-state index in [1.54, 1.807) is 10.9 Å². The molecule has 0 fully saturated rings. The second-order valence-corrected chi connectivity index (χ2v) is 9.68. The quantitative estimate of drug-likeness (QED) is 0.281. The predicted octanol–water partition coefficient (Wildman–Crippen LogP) is 5.32. The molecule has 0 saturated carbocycles. The van der Waals surface area contributed by atoms with Crippen molar-refractivity contribution >= 4 is 10.9 Å². The van der Waals surface area contributed by atoms with Gasteiger partial charge in [-0.25, -0.2) is 4.68 Å². The second kappa shape index (κ2) is 10.9. The molecule has 8 nitrogen and oxygen atoms in total. The van der Waals surface area contributed by atoms with Crippen LogP contribution in [0.3, 0.4) is 0 Å². The number of nitrogens with one attached hydrogen (secondary N) is 1. The number of aryl methyl sites for hydroxylation is 2. The highest BCUT2D eigenvalue weighted by Crippen LogP contribution is 2.28. The number of hydrogen-bond donors (Lipinski definition) is 1. The van der Waals surface area contributed by atoms with Gasteiger partial charge in [-0.1, -0.05) is 54.8 Å². The van der Waals surface area contributed by atoms with E-state index >= 15 is 0 Å². The van der Waals surface area contributed by atoms with Crippen LogP contribution in [0, 0.1) is 13.8 Å². The first-order valence-corrected chi connectivity index (χ1v) is 12.7. The fraction of sp³-hybridized carbons (Fsp3) is 0.310. The zero-order valence-electron chi connectivity index (χ0n) is 21.5. The molecule has 190 valence electrons. The molecule has 37 heavy (non-hydrogen) atoms. The van der Waals surface area contributed by atoms with Gasteiger partial charge in [-0.2, -0.15) is 0 Å². The Kier molecular flexibility index (Phi) is 7.28. The first-order valence-electron chi connectivity index (χ1n) is 12.7. The Labute approximate surface area is 215 Å². The van der Waals surface area contributed by atoms with E-state index in [1.807, 2.05) is 30.3 Å². The molecule has 8 heteroatoms. The summed E-state index contributed by atoms with van der Waals surface area (Å²) in [6, 6.07) is 20.3. The van der Waals surface area contributed by atoms with Crippen LogP contribution in [0.4, 0.5) is 0 Å². The molecule has 3 heterocycles. The van der Waals surface area contributed by atoms with Gasteiger partial charge in [0.25, 0.3) is 5.56 Å². The van der Waals surface area contributed by atoms with Crippen LogP contribution in [0.15, 0.2) is 76.1 Å². The van der Waals surface area contributed by atoms with Crippen molar-refractivity contribution in [1.82, 2.24) is 30.1 Å². The van der Waals surface area contributed by atoms with Gasteiger partial charge in [-0.3, -0.25) is 9.69 Å². The van der Waals surface area contributed by atoms with Crippen LogP contribution in [-0.4, -0.2) is 30.1 Å². The van der Waals surface area contributed by atoms with E-state index in [2.05, 4.69) is 76.5 Å². The maximum Gasteiger partial charge on any atom is 0.252 e. The number of fused-ring (bicyclic) bond motifs is 1. The molecule has 0 unspecified atom stereocenters. The van der Waals surface area contributed by atoms with Gasteiger partial charge in [-0.15, -0.1) is 5.10 Å². The summed E-state index contributed by atoms with van der Waals surface area (Å²) in [7, 11) is 0. The van der Waals surface area contributed by atoms with Gasteiger partial charge >= 0.3 is 0 Å². The van der Waals surface area contributed by atoms with E-state index in [0.29, 0.717) is 19.6 Å². The standard InChI is InChI=1S/C29H32N6O2/c1-4-6-27(28-31-32-33-35(28)19-25-7-5-14-37-25)34(17-22-11-8-20(2)9-12-22)18-24-16-23-15-21(3)10-13-26(23)30-29(24)36/h5,7-16,27H,4,6,17-19H2,1-3H3,(H,30,36)/t27-/m0/s1. The molecule has 0 spiro atoms. The molecule has 5 rings (SSSR count). The first kappa shape index (κ1) is 24.6. The molecule has 5 aromatic rings. The van der Waals surface area contributed by atoms with Gasteiger partial charge in [0.1, 0.15) is 12.3 Å². The van der Waals surface area contributed by atoms with Gasteiger partial charge in [-0.05, 0) is 72.0 Å². The van der Waals surface area contributed by atoms with Gasteiger partial charge in [0.2, 0.25) is 0 Å². The maximum absolute atomic E-state index is 13.2. The first-order chi connectivity index (χ1) is 18.0. The molecule has 0 aliphatic rings. The lowest BCUT2D eigenvalue weighted by molar-refractivity contribution is 0.155. The molecule has 2 aromatic carbocycles. The number of nitrogens with zero attached hydrogens (tertiary/aromatic N) is 5. The smallest absolute Gasteiger partial charge is 0.252 e. The molecule has 0 saturated heterocycles. The molecular formula is C29H32N6O2. The number of benzene rings is 2. The Balaban J connectivity index is 1.54. The zero-order valence-corrected chi connectivity index (χ0v) is 21.5. The molecular weight excluding hydrogens is 464 g/mol. The highest BCUT2D eigenvalue weighted by atomic mass is 16.3. The summed E-state index contributed by atoms with van der Waals surface area (Å²) in [5.74, 6) is 1.55. The Morgan fingerprint density at radius 2 is 1.84 bits per heavy atom. The van der Waals surface area contributed by atoms with Crippen molar-refractivity contribution in [3.8, 4) is 0 Å². The zero-order chi connectivity index (χ0) is 25.8. The Morgan fingerprint density at radius 1 is 1.03 bits per heavy atom. The number of tetrazole rings is 1. The fourth-order valence-electron chi connectivity index (χ4n) is 4.77. The Bertz CT molecular complexity index is 1520. The summed E-state index contributed by atoms with van der Waals surface area (Å²) < 4.78 is 7.36. The van der Waals surface area contributed by atoms with E-state index in [4.69, 9.17) is 4.42 Å². The predicted molar refractivity (Wildman–Crippen MR) is 143 cm³/mol. The van der Waals surface area contributed by atoms with Gasteiger partial charge in [0.05, 0.1) is 12.3 Å². The summed E-state index contributed by atoms with van der Waals surface area (Å²) in [5, 5.41) is 13.8. The highest BCUT2D eigenvalue weighted by Gasteiger charge is 2.27. The van der Waals surface area contributed by atoms with Crippen LogP contribution >= 0.6 is 0 Å². The lowest BCUT2D eigenvalue weighted by Gasteiger charge is -2.31. The summed E-state index contributed by atoms with van der Waals surface area (Å²) in [5.41, 5.74) is 5.03. The molecule has 0 amide bonds. The lowest BCUT2D eigenvalue weighted by Crippen LogP contribution is -2.32. The van der Waals surface area contributed by atoms with Crippen LogP contribution in [0.1, 0.15) is 59.6 Å². The Morgan fingerprint density at radius 3 is 2.59 bits per heavy atom. The monoisotopic (exact) mass is 496 g/mol. The van der Waals surface area contributed by atoms with Crippen LogP contribution in [0.25, 0.3) is 10.9 Å². The third-order valence-corrected chi connectivity index (χ3v) is 6.70. The molecule has 0 aliphatic heterocycles. The number of furan rings is 1. The fourth-order valence-corrected chi connectivity index (χ4v) is 4.77. The number of hydrogen-bond acceptors (Lipinski definition) is 6. The Hall–Kier alpha value is -4.04. The van der Waals surface area contributed by atoms with E-state index in [0.717, 1.165) is 46.5 Å². The van der Waals surface area contributed by atoms with E-state index in [1.165, 1.54) is 11.1 Å². The van der Waals surface area contributed by atoms with Crippen molar-refractivity contribution in [2.45, 2.75) is 59.3 Å². The van der Waals surface area contributed by atoms with Gasteiger partial charge in [0.15, 0.2) is 5.82 Å². The van der Waals surface area contributed by atoms with Gasteiger partial charge in [0, 0.05) is 24.2 Å². The number of pyridine rings is 1. The minimum Gasteiger partial charge on any atom is -0.467 e. The SMILES string of the molecule is CCC[C@@H](c1nnnn1Cc1ccco1)N(Cc1ccc(C)cc1)Cc1cc2cc(C)ccc2[nH]c1=O. The number of rotatable bonds is 10. The summed E-state index contributed by atoms with van der Waals surface area (Å²) in [6.45, 7) is 7.87. The normalized spacial score (nSPS) is 12.4. The van der Waals surface area contributed by atoms with Gasteiger partial charge < -0.3 is 9.40 Å². The lowest BCUT2D eigenvalue weighted by atomic mass is 10.0. The van der Waals surface area contributed by atoms with Crippen LogP contribution in [0.2, 0.25) is 0 Å².